The summed E-state index contributed by atoms with van der Waals surface area (Å²) in [7, 11) is 0. The zero-order chi connectivity index (χ0) is 19.0. The molecule has 6 heteroatoms. The van der Waals surface area contributed by atoms with Crippen molar-refractivity contribution in [3.63, 3.8) is 0 Å². The topological polar surface area (TPSA) is 87.6 Å². The van der Waals surface area contributed by atoms with E-state index in [1.165, 1.54) is 25.1 Å². The molecule has 0 spiro atoms. The molecule has 26 heavy (non-hydrogen) atoms. The van der Waals surface area contributed by atoms with Gasteiger partial charge in [-0.2, -0.15) is 0 Å². The van der Waals surface area contributed by atoms with Crippen LogP contribution in [0.15, 0.2) is 48.5 Å². The highest BCUT2D eigenvalue weighted by molar-refractivity contribution is 5.83. The molecule has 0 aromatic heterocycles. The fraction of sp³-hybridized carbons (Fsp3) is 0.350. The normalized spacial score (nSPS) is 13.1. The van der Waals surface area contributed by atoms with Gasteiger partial charge in [-0.05, 0) is 50.1 Å². The summed E-state index contributed by atoms with van der Waals surface area (Å²) in [6, 6.07) is 13.2. The van der Waals surface area contributed by atoms with Gasteiger partial charge in [-0.3, -0.25) is 0 Å². The summed E-state index contributed by atoms with van der Waals surface area (Å²) in [6.45, 7) is 2.56. The average molecular weight is 360 g/mol. The minimum Gasteiger partial charge on any atom is -0.493 e. The third kappa shape index (κ3) is 5.28. The van der Waals surface area contributed by atoms with Gasteiger partial charge in [0.2, 0.25) is 0 Å². The molecular formula is C20H25FN2O3. The molecule has 0 aliphatic heterocycles. The van der Waals surface area contributed by atoms with Gasteiger partial charge >= 0.3 is 5.97 Å². The lowest BCUT2D eigenvalue weighted by Crippen LogP contribution is -2.43. The quantitative estimate of drug-likeness (QED) is 0.530. The predicted octanol–water partition coefficient (Wildman–Crippen LogP) is 2.86. The maximum Gasteiger partial charge on any atom is 0.330 e. The highest BCUT2D eigenvalue weighted by atomic mass is 19.1. The van der Waals surface area contributed by atoms with E-state index in [1.807, 2.05) is 30.3 Å². The Morgan fingerprint density at radius 3 is 2.58 bits per heavy atom. The molecule has 1 atom stereocenters. The van der Waals surface area contributed by atoms with E-state index in [1.54, 1.807) is 0 Å². The molecule has 0 aliphatic rings. The van der Waals surface area contributed by atoms with Gasteiger partial charge in [-0.1, -0.05) is 30.3 Å². The second kappa shape index (κ2) is 9.31. The van der Waals surface area contributed by atoms with Crippen molar-refractivity contribution >= 4 is 5.97 Å². The Morgan fingerprint density at radius 2 is 1.88 bits per heavy atom. The van der Waals surface area contributed by atoms with Crippen molar-refractivity contribution in [3.8, 4) is 5.75 Å². The highest BCUT2D eigenvalue weighted by Gasteiger charge is 2.35. The molecule has 2 rings (SSSR count). The molecule has 0 bridgehead atoms. The van der Waals surface area contributed by atoms with Crippen molar-refractivity contribution in [1.29, 1.82) is 0 Å². The number of rotatable bonds is 9. The third-order valence-corrected chi connectivity index (χ3v) is 3.99. The largest absolute Gasteiger partial charge is 0.493 e. The van der Waals surface area contributed by atoms with Gasteiger partial charge in [-0.25, -0.2) is 9.18 Å². The Balaban J connectivity index is 2.12. The maximum atomic E-state index is 13.8. The van der Waals surface area contributed by atoms with Crippen molar-refractivity contribution in [2.24, 2.45) is 11.5 Å². The molecule has 0 heterocycles. The summed E-state index contributed by atoms with van der Waals surface area (Å²) in [5, 5.41) is 0. The number of benzene rings is 2. The summed E-state index contributed by atoms with van der Waals surface area (Å²) in [5.74, 6) is -0.786. The van der Waals surface area contributed by atoms with Crippen LogP contribution in [-0.4, -0.2) is 19.1 Å². The van der Waals surface area contributed by atoms with Crippen LogP contribution in [0.25, 0.3) is 0 Å². The highest BCUT2D eigenvalue weighted by Crippen LogP contribution is 2.30. The van der Waals surface area contributed by atoms with Crippen LogP contribution in [0.4, 0.5) is 4.39 Å². The lowest BCUT2D eigenvalue weighted by molar-refractivity contribution is -0.151. The molecular weight excluding hydrogens is 335 g/mol. The third-order valence-electron chi connectivity index (χ3n) is 3.99. The fourth-order valence-electron chi connectivity index (χ4n) is 2.45. The van der Waals surface area contributed by atoms with E-state index in [2.05, 4.69) is 0 Å². The number of hydrogen-bond donors (Lipinski definition) is 2. The van der Waals surface area contributed by atoms with Gasteiger partial charge in [-0.15, -0.1) is 0 Å². The zero-order valence-corrected chi connectivity index (χ0v) is 14.9. The van der Waals surface area contributed by atoms with E-state index in [4.69, 9.17) is 20.9 Å². The first kappa shape index (κ1) is 19.9. The van der Waals surface area contributed by atoms with E-state index in [-0.39, 0.29) is 12.2 Å². The SMILES string of the molecule is C[C@](N)(C(=O)OCc1ccccc1)c1cc(F)ccc1OCCCCN. The van der Waals surface area contributed by atoms with Gasteiger partial charge in [0.05, 0.1) is 6.61 Å². The molecule has 2 aromatic rings. The van der Waals surface area contributed by atoms with Crippen LogP contribution in [0.1, 0.15) is 30.9 Å². The van der Waals surface area contributed by atoms with Crippen LogP contribution in [0, 0.1) is 5.82 Å². The van der Waals surface area contributed by atoms with Crippen LogP contribution in [0.2, 0.25) is 0 Å². The lowest BCUT2D eigenvalue weighted by Gasteiger charge is -2.25. The Bertz CT molecular complexity index is 720. The molecule has 4 N–H and O–H groups in total. The van der Waals surface area contributed by atoms with Crippen LogP contribution in [-0.2, 0) is 21.7 Å². The standard InChI is InChI=1S/C20H25FN2O3/c1-20(23,19(24)26-14-15-7-3-2-4-8-15)17-13-16(21)9-10-18(17)25-12-6-5-11-22/h2-4,7-10,13H,5-6,11-12,14,22-23H2,1H3/t20-/m1/s1. The van der Waals surface area contributed by atoms with Crippen LogP contribution >= 0.6 is 0 Å². The number of hydrogen-bond acceptors (Lipinski definition) is 5. The number of esters is 1. The molecule has 0 fully saturated rings. The molecule has 0 aliphatic carbocycles. The van der Waals surface area contributed by atoms with Crippen molar-refractivity contribution in [2.75, 3.05) is 13.2 Å². The molecule has 2 aromatic carbocycles. The monoisotopic (exact) mass is 360 g/mol. The van der Waals surface area contributed by atoms with E-state index in [0.29, 0.717) is 18.9 Å². The Kier molecular flexibility index (Phi) is 7.12. The molecule has 0 amide bonds. The summed E-state index contributed by atoms with van der Waals surface area (Å²) < 4.78 is 24.8. The molecule has 0 unspecified atom stereocenters. The van der Waals surface area contributed by atoms with E-state index >= 15 is 0 Å². The number of unbranched alkanes of at least 4 members (excludes halogenated alkanes) is 1. The minimum absolute atomic E-state index is 0.0917. The zero-order valence-electron chi connectivity index (χ0n) is 14.9. The van der Waals surface area contributed by atoms with Gasteiger partial charge in [0.1, 0.15) is 23.7 Å². The van der Waals surface area contributed by atoms with Gasteiger partial charge in [0.25, 0.3) is 0 Å². The second-order valence-corrected chi connectivity index (χ2v) is 6.25. The van der Waals surface area contributed by atoms with E-state index in [0.717, 1.165) is 18.4 Å². The van der Waals surface area contributed by atoms with Crippen molar-refractivity contribution in [2.45, 2.75) is 31.9 Å². The fourth-order valence-corrected chi connectivity index (χ4v) is 2.45. The van der Waals surface area contributed by atoms with E-state index in [9.17, 15) is 9.18 Å². The van der Waals surface area contributed by atoms with Gasteiger partial charge in [0, 0.05) is 5.56 Å². The Morgan fingerprint density at radius 1 is 1.15 bits per heavy atom. The number of carbonyl (C=O) groups is 1. The lowest BCUT2D eigenvalue weighted by atomic mass is 9.92. The van der Waals surface area contributed by atoms with Crippen LogP contribution < -0.4 is 16.2 Å². The van der Waals surface area contributed by atoms with Crippen LogP contribution in [0.5, 0.6) is 5.75 Å². The predicted molar refractivity (Wildman–Crippen MR) is 98.0 cm³/mol. The Hall–Kier alpha value is -2.44. The second-order valence-electron chi connectivity index (χ2n) is 6.25. The number of halogens is 1. The maximum absolute atomic E-state index is 13.8. The Labute approximate surface area is 153 Å². The smallest absolute Gasteiger partial charge is 0.330 e. The first-order valence-electron chi connectivity index (χ1n) is 8.58. The first-order chi connectivity index (χ1) is 12.4. The minimum atomic E-state index is -1.54. The number of nitrogens with two attached hydrogens (primary N) is 2. The van der Waals surface area contributed by atoms with Crippen molar-refractivity contribution in [3.05, 3.63) is 65.5 Å². The molecule has 5 nitrogen and oxygen atoms in total. The van der Waals surface area contributed by atoms with Crippen LogP contribution in [0.3, 0.4) is 0 Å². The summed E-state index contributed by atoms with van der Waals surface area (Å²) >= 11 is 0. The first-order valence-corrected chi connectivity index (χ1v) is 8.58. The van der Waals surface area contributed by atoms with Crippen molar-refractivity contribution < 1.29 is 18.7 Å². The number of ether oxygens (including phenoxy) is 2. The molecule has 0 radical (unpaired) electrons. The molecule has 0 saturated heterocycles. The molecule has 0 saturated carbocycles. The summed E-state index contributed by atoms with van der Waals surface area (Å²) in [5.41, 5.74) is 11.2. The molecule has 140 valence electrons. The summed E-state index contributed by atoms with van der Waals surface area (Å²) in [4.78, 5) is 12.5. The average Bonchev–Trinajstić information content (AvgIpc) is 2.65. The van der Waals surface area contributed by atoms with Gasteiger partial charge in [0.15, 0.2) is 0 Å². The summed E-state index contributed by atoms with van der Waals surface area (Å²) in [6.07, 6.45) is 1.57. The van der Waals surface area contributed by atoms with E-state index < -0.39 is 17.3 Å². The number of carbonyl (C=O) groups excluding carboxylic acids is 1. The van der Waals surface area contributed by atoms with Crippen molar-refractivity contribution in [1.82, 2.24) is 0 Å². The van der Waals surface area contributed by atoms with Gasteiger partial charge < -0.3 is 20.9 Å².